The second kappa shape index (κ2) is 7.45. The molecule has 0 aliphatic rings. The molecule has 5 heteroatoms. The van der Waals surface area contributed by atoms with Gasteiger partial charge in [0.25, 0.3) is 5.91 Å². The lowest BCUT2D eigenvalue weighted by Crippen LogP contribution is -2.38. The molecule has 0 bridgehead atoms. The van der Waals surface area contributed by atoms with Gasteiger partial charge < -0.3 is 15.1 Å². The zero-order valence-corrected chi connectivity index (χ0v) is 12.8. The molecule has 0 unspecified atom stereocenters. The molecule has 0 saturated heterocycles. The maximum atomic E-state index is 12.0. The summed E-state index contributed by atoms with van der Waals surface area (Å²) in [6.07, 6.45) is 2.19. The largest absolute Gasteiger partial charge is 0.459 e. The van der Waals surface area contributed by atoms with E-state index in [9.17, 15) is 9.59 Å². The first kappa shape index (κ1) is 15.8. The summed E-state index contributed by atoms with van der Waals surface area (Å²) in [6.45, 7) is 3.95. The van der Waals surface area contributed by atoms with Crippen LogP contribution >= 0.6 is 0 Å². The Labute approximate surface area is 129 Å². The van der Waals surface area contributed by atoms with Crippen molar-refractivity contribution in [2.75, 3.05) is 6.54 Å². The molecule has 5 nitrogen and oxygen atoms in total. The van der Waals surface area contributed by atoms with Crippen molar-refractivity contribution >= 4 is 11.8 Å². The highest BCUT2D eigenvalue weighted by Crippen LogP contribution is 2.16. The molecule has 0 saturated carbocycles. The minimum Gasteiger partial charge on any atom is -0.459 e. The molecule has 0 aliphatic carbocycles. The van der Waals surface area contributed by atoms with Crippen LogP contribution in [0.25, 0.3) is 0 Å². The lowest BCUT2D eigenvalue weighted by Gasteiger charge is -2.17. The lowest BCUT2D eigenvalue weighted by atomic mass is 10.0. The van der Waals surface area contributed by atoms with Gasteiger partial charge in [-0.15, -0.1) is 0 Å². The van der Waals surface area contributed by atoms with Gasteiger partial charge in [-0.3, -0.25) is 9.59 Å². The number of aryl methyl sites for hydroxylation is 1. The van der Waals surface area contributed by atoms with Crippen molar-refractivity contribution in [1.82, 2.24) is 10.6 Å². The third kappa shape index (κ3) is 4.22. The fourth-order valence-corrected chi connectivity index (χ4v) is 2.12. The number of hydrogen-bond acceptors (Lipinski definition) is 3. The van der Waals surface area contributed by atoms with E-state index in [1.807, 2.05) is 38.1 Å². The van der Waals surface area contributed by atoms with Crippen molar-refractivity contribution in [3.05, 3.63) is 59.5 Å². The second-order valence-electron chi connectivity index (χ2n) is 5.10. The third-order valence-electron chi connectivity index (χ3n) is 3.38. The molecule has 2 N–H and O–H groups in total. The number of amides is 2. The molecular weight excluding hydrogens is 280 g/mol. The lowest BCUT2D eigenvalue weighted by molar-refractivity contribution is -0.120. The van der Waals surface area contributed by atoms with Crippen LogP contribution in [0.2, 0.25) is 0 Å². The van der Waals surface area contributed by atoms with Crippen LogP contribution in [0.1, 0.15) is 41.1 Å². The fourth-order valence-electron chi connectivity index (χ4n) is 2.12. The quantitative estimate of drug-likeness (QED) is 0.861. The number of hydrogen-bond donors (Lipinski definition) is 2. The normalized spacial score (nSPS) is 11.7. The number of carbonyl (C=O) groups is 2. The molecule has 1 aromatic carbocycles. The molecule has 0 spiro atoms. The molecule has 0 radical (unpaired) electrons. The van der Waals surface area contributed by atoms with Crippen molar-refractivity contribution in [3.63, 3.8) is 0 Å². The number of rotatable bonds is 6. The van der Waals surface area contributed by atoms with Crippen LogP contribution in [-0.2, 0) is 4.79 Å². The molecular formula is C17H20N2O3. The highest BCUT2D eigenvalue weighted by molar-refractivity contribution is 5.94. The summed E-state index contributed by atoms with van der Waals surface area (Å²) in [5, 5.41) is 5.45. The first-order valence-corrected chi connectivity index (χ1v) is 7.27. The van der Waals surface area contributed by atoms with Crippen LogP contribution in [-0.4, -0.2) is 18.4 Å². The predicted octanol–water partition coefficient (Wildman–Crippen LogP) is 2.59. The molecule has 0 aliphatic heterocycles. The Morgan fingerprint density at radius 1 is 1.18 bits per heavy atom. The summed E-state index contributed by atoms with van der Waals surface area (Å²) in [4.78, 5) is 23.7. The Bertz CT molecular complexity index is 618. The molecule has 1 aromatic heterocycles. The second-order valence-corrected chi connectivity index (χ2v) is 5.10. The van der Waals surface area contributed by atoms with E-state index in [0.717, 1.165) is 12.0 Å². The van der Waals surface area contributed by atoms with Crippen molar-refractivity contribution < 1.29 is 14.0 Å². The summed E-state index contributed by atoms with van der Waals surface area (Å²) in [5.41, 5.74) is 2.23. The van der Waals surface area contributed by atoms with Crippen LogP contribution in [0.3, 0.4) is 0 Å². The average Bonchev–Trinajstić information content (AvgIpc) is 3.05. The summed E-state index contributed by atoms with van der Waals surface area (Å²) < 4.78 is 4.97. The van der Waals surface area contributed by atoms with Crippen LogP contribution in [0.4, 0.5) is 0 Å². The number of furan rings is 1. The molecule has 1 atom stereocenters. The Hall–Kier alpha value is -2.56. The molecule has 2 aromatic rings. The van der Waals surface area contributed by atoms with Crippen molar-refractivity contribution in [2.24, 2.45) is 0 Å². The molecule has 2 amide bonds. The van der Waals surface area contributed by atoms with Gasteiger partial charge in [-0.1, -0.05) is 36.8 Å². The summed E-state index contributed by atoms with van der Waals surface area (Å²) >= 11 is 0. The number of carbonyl (C=O) groups excluding carboxylic acids is 2. The highest BCUT2D eigenvalue weighted by Gasteiger charge is 2.14. The van der Waals surface area contributed by atoms with Gasteiger partial charge in [0.1, 0.15) is 0 Å². The van der Waals surface area contributed by atoms with Gasteiger partial charge >= 0.3 is 0 Å². The molecule has 1 heterocycles. The first-order chi connectivity index (χ1) is 10.6. The molecule has 2 rings (SSSR count). The SMILES string of the molecule is CC[C@H](NC(=O)CNC(=O)c1ccco1)c1ccc(C)cc1. The number of nitrogens with one attached hydrogen (secondary N) is 2. The van der Waals surface area contributed by atoms with Gasteiger partial charge in [0.2, 0.25) is 5.91 Å². The maximum Gasteiger partial charge on any atom is 0.287 e. The first-order valence-electron chi connectivity index (χ1n) is 7.27. The Morgan fingerprint density at radius 2 is 1.91 bits per heavy atom. The average molecular weight is 300 g/mol. The standard InChI is InChI=1S/C17H20N2O3/c1-3-14(13-8-6-12(2)7-9-13)19-16(20)11-18-17(21)15-5-4-10-22-15/h4-10,14H,3,11H2,1-2H3,(H,18,21)(H,19,20)/t14-/m0/s1. The van der Waals surface area contributed by atoms with Crippen molar-refractivity contribution in [2.45, 2.75) is 26.3 Å². The van der Waals surface area contributed by atoms with E-state index in [2.05, 4.69) is 10.6 Å². The van der Waals surface area contributed by atoms with Gasteiger partial charge in [-0.05, 0) is 31.0 Å². The summed E-state index contributed by atoms with van der Waals surface area (Å²) in [6, 6.07) is 11.2. The van der Waals surface area contributed by atoms with Gasteiger partial charge in [0, 0.05) is 0 Å². The van der Waals surface area contributed by atoms with E-state index >= 15 is 0 Å². The fraction of sp³-hybridized carbons (Fsp3) is 0.294. The highest BCUT2D eigenvalue weighted by atomic mass is 16.3. The van der Waals surface area contributed by atoms with Crippen LogP contribution < -0.4 is 10.6 Å². The predicted molar refractivity (Wildman–Crippen MR) is 83.4 cm³/mol. The monoisotopic (exact) mass is 300 g/mol. The van der Waals surface area contributed by atoms with E-state index in [1.165, 1.54) is 11.8 Å². The van der Waals surface area contributed by atoms with Gasteiger partial charge in [-0.25, -0.2) is 0 Å². The van der Waals surface area contributed by atoms with E-state index in [-0.39, 0.29) is 24.3 Å². The van der Waals surface area contributed by atoms with Crippen molar-refractivity contribution in [3.8, 4) is 0 Å². The third-order valence-corrected chi connectivity index (χ3v) is 3.38. The Morgan fingerprint density at radius 3 is 2.50 bits per heavy atom. The molecule has 116 valence electrons. The van der Waals surface area contributed by atoms with Crippen LogP contribution in [0.15, 0.2) is 47.1 Å². The van der Waals surface area contributed by atoms with Gasteiger partial charge in [-0.2, -0.15) is 0 Å². The zero-order chi connectivity index (χ0) is 15.9. The molecule has 0 fully saturated rings. The van der Waals surface area contributed by atoms with E-state index < -0.39 is 5.91 Å². The summed E-state index contributed by atoms with van der Waals surface area (Å²) in [7, 11) is 0. The topological polar surface area (TPSA) is 71.3 Å². The Kier molecular flexibility index (Phi) is 5.36. The number of benzene rings is 1. The zero-order valence-electron chi connectivity index (χ0n) is 12.8. The minimum absolute atomic E-state index is 0.0615. The van der Waals surface area contributed by atoms with E-state index in [4.69, 9.17) is 4.42 Å². The molecule has 22 heavy (non-hydrogen) atoms. The van der Waals surface area contributed by atoms with Crippen LogP contribution in [0.5, 0.6) is 0 Å². The van der Waals surface area contributed by atoms with Gasteiger partial charge in [0.15, 0.2) is 5.76 Å². The smallest absolute Gasteiger partial charge is 0.287 e. The summed E-state index contributed by atoms with van der Waals surface area (Å²) in [5.74, 6) is -0.436. The Balaban J connectivity index is 1.87. The van der Waals surface area contributed by atoms with Crippen molar-refractivity contribution in [1.29, 1.82) is 0 Å². The van der Waals surface area contributed by atoms with E-state index in [1.54, 1.807) is 12.1 Å². The van der Waals surface area contributed by atoms with E-state index in [0.29, 0.717) is 0 Å². The van der Waals surface area contributed by atoms with Gasteiger partial charge in [0.05, 0.1) is 18.8 Å². The minimum atomic E-state index is -0.400. The maximum absolute atomic E-state index is 12.0. The van der Waals surface area contributed by atoms with Crippen LogP contribution in [0, 0.1) is 6.92 Å².